The lowest BCUT2D eigenvalue weighted by Crippen LogP contribution is -2.04. The van der Waals surface area contributed by atoms with Gasteiger partial charge >= 0.3 is 5.97 Å². The Hall–Kier alpha value is -1.31. The van der Waals surface area contributed by atoms with Crippen LogP contribution in [-0.4, -0.2) is 12.6 Å². The molecule has 1 rings (SSSR count). The minimum Gasteiger partial charge on any atom is -0.463 e. The van der Waals surface area contributed by atoms with Crippen LogP contribution in [0.25, 0.3) is 0 Å². The smallest absolute Gasteiger partial charge is 0.330 e. The predicted octanol–water partition coefficient (Wildman–Crippen LogP) is 1.85. The van der Waals surface area contributed by atoms with Gasteiger partial charge in [-0.2, -0.15) is 0 Å². The number of allylic oxidation sites excluding steroid dienone is 4. The van der Waals surface area contributed by atoms with Crippen molar-refractivity contribution in [3.63, 3.8) is 0 Å². The molecule has 0 heterocycles. The van der Waals surface area contributed by atoms with Crippen molar-refractivity contribution in [3.8, 4) is 0 Å². The first-order valence-corrected chi connectivity index (χ1v) is 3.97. The van der Waals surface area contributed by atoms with E-state index in [4.69, 9.17) is 4.74 Å². The van der Waals surface area contributed by atoms with Crippen LogP contribution in [0.3, 0.4) is 0 Å². The molecular formula is C10H12O2. The number of carbonyl (C=O) groups excluding carboxylic acids is 1. The molecule has 0 unspecified atom stereocenters. The summed E-state index contributed by atoms with van der Waals surface area (Å²) in [5, 5.41) is 0. The van der Waals surface area contributed by atoms with Crippen LogP contribution in [0, 0.1) is 5.92 Å². The Morgan fingerprint density at radius 1 is 1.50 bits per heavy atom. The van der Waals surface area contributed by atoms with E-state index in [1.54, 1.807) is 0 Å². The third-order valence-electron chi connectivity index (χ3n) is 1.69. The van der Waals surface area contributed by atoms with Crippen LogP contribution in [0.5, 0.6) is 0 Å². The molecule has 0 aromatic heterocycles. The van der Waals surface area contributed by atoms with Gasteiger partial charge in [0.15, 0.2) is 0 Å². The van der Waals surface area contributed by atoms with Crippen molar-refractivity contribution in [2.24, 2.45) is 5.92 Å². The molecule has 0 atom stereocenters. The van der Waals surface area contributed by atoms with Gasteiger partial charge in [0.05, 0.1) is 6.61 Å². The van der Waals surface area contributed by atoms with E-state index in [1.807, 2.05) is 12.2 Å². The first-order chi connectivity index (χ1) is 5.83. The van der Waals surface area contributed by atoms with Crippen LogP contribution >= 0.6 is 0 Å². The Morgan fingerprint density at radius 3 is 2.75 bits per heavy atom. The van der Waals surface area contributed by atoms with Gasteiger partial charge in [-0.05, 0) is 12.3 Å². The first kappa shape index (κ1) is 8.78. The molecule has 2 heteroatoms. The van der Waals surface area contributed by atoms with Crippen molar-refractivity contribution < 1.29 is 9.53 Å². The lowest BCUT2D eigenvalue weighted by molar-refractivity contribution is -0.137. The summed E-state index contributed by atoms with van der Waals surface area (Å²) >= 11 is 0. The molecule has 0 spiro atoms. The van der Waals surface area contributed by atoms with Crippen LogP contribution in [0.1, 0.15) is 6.42 Å². The standard InChI is InChI=1S/C10H12O2/c1-2-10(11)12-8-7-9-5-3-4-6-9/h2-6,9H,1,7-8H2. The summed E-state index contributed by atoms with van der Waals surface area (Å²) in [4.78, 5) is 10.6. The number of carbonyl (C=O) groups is 1. The molecule has 0 aromatic carbocycles. The molecule has 0 saturated carbocycles. The second kappa shape index (κ2) is 4.54. The van der Waals surface area contributed by atoms with Crippen LogP contribution in [0.4, 0.5) is 0 Å². The Morgan fingerprint density at radius 2 is 2.17 bits per heavy atom. The van der Waals surface area contributed by atoms with Gasteiger partial charge in [0.25, 0.3) is 0 Å². The maximum Gasteiger partial charge on any atom is 0.330 e. The molecule has 0 N–H and O–H groups in total. The van der Waals surface area contributed by atoms with Gasteiger partial charge < -0.3 is 4.74 Å². The largest absolute Gasteiger partial charge is 0.463 e. The number of hydrogen-bond donors (Lipinski definition) is 0. The maximum atomic E-state index is 10.6. The van der Waals surface area contributed by atoms with Crippen LogP contribution < -0.4 is 0 Å². The van der Waals surface area contributed by atoms with Gasteiger partial charge in [-0.25, -0.2) is 4.79 Å². The highest BCUT2D eigenvalue weighted by molar-refractivity contribution is 5.81. The average molecular weight is 164 g/mol. The van der Waals surface area contributed by atoms with Crippen molar-refractivity contribution >= 4 is 5.97 Å². The third-order valence-corrected chi connectivity index (χ3v) is 1.69. The van der Waals surface area contributed by atoms with E-state index in [9.17, 15) is 4.79 Å². The Balaban J connectivity index is 2.10. The second-order valence-electron chi connectivity index (χ2n) is 2.59. The zero-order valence-corrected chi connectivity index (χ0v) is 6.90. The molecule has 0 bridgehead atoms. The highest BCUT2D eigenvalue weighted by atomic mass is 16.5. The van der Waals surface area contributed by atoms with Gasteiger partial charge in [0, 0.05) is 6.08 Å². The zero-order valence-electron chi connectivity index (χ0n) is 6.90. The molecule has 2 nitrogen and oxygen atoms in total. The van der Waals surface area contributed by atoms with Crippen molar-refractivity contribution in [2.45, 2.75) is 6.42 Å². The van der Waals surface area contributed by atoms with E-state index in [0.29, 0.717) is 12.5 Å². The Labute approximate surface area is 72.2 Å². The van der Waals surface area contributed by atoms with Gasteiger partial charge in [-0.1, -0.05) is 30.9 Å². The van der Waals surface area contributed by atoms with Gasteiger partial charge in [-0.15, -0.1) is 0 Å². The van der Waals surface area contributed by atoms with E-state index < -0.39 is 0 Å². The van der Waals surface area contributed by atoms with E-state index in [0.717, 1.165) is 6.42 Å². The molecule has 0 saturated heterocycles. The molecular weight excluding hydrogens is 152 g/mol. The average Bonchev–Trinajstić information content (AvgIpc) is 2.57. The fourth-order valence-electron chi connectivity index (χ4n) is 1.02. The van der Waals surface area contributed by atoms with Crippen LogP contribution in [-0.2, 0) is 9.53 Å². The third kappa shape index (κ3) is 2.74. The normalized spacial score (nSPS) is 15.0. The number of hydrogen-bond acceptors (Lipinski definition) is 2. The summed E-state index contributed by atoms with van der Waals surface area (Å²) in [5.74, 6) is 0.0866. The summed E-state index contributed by atoms with van der Waals surface area (Å²) in [6, 6.07) is 0. The molecule has 1 aliphatic carbocycles. The molecule has 0 fully saturated rings. The summed E-state index contributed by atoms with van der Waals surface area (Å²) in [7, 11) is 0. The van der Waals surface area contributed by atoms with E-state index in [2.05, 4.69) is 18.7 Å². The fourth-order valence-corrected chi connectivity index (χ4v) is 1.02. The molecule has 0 radical (unpaired) electrons. The number of ether oxygens (including phenoxy) is 1. The zero-order chi connectivity index (χ0) is 8.81. The minimum atomic E-state index is -0.346. The van der Waals surface area contributed by atoms with Gasteiger partial charge in [0.1, 0.15) is 0 Å². The number of esters is 1. The molecule has 0 amide bonds. The summed E-state index contributed by atoms with van der Waals surface area (Å²) in [6.07, 6.45) is 10.2. The molecule has 12 heavy (non-hydrogen) atoms. The maximum absolute atomic E-state index is 10.6. The molecule has 0 aromatic rings. The van der Waals surface area contributed by atoms with E-state index in [1.165, 1.54) is 6.08 Å². The first-order valence-electron chi connectivity index (χ1n) is 3.97. The van der Waals surface area contributed by atoms with Crippen molar-refractivity contribution in [3.05, 3.63) is 37.0 Å². The molecule has 1 aliphatic rings. The van der Waals surface area contributed by atoms with Crippen molar-refractivity contribution in [1.82, 2.24) is 0 Å². The summed E-state index contributed by atoms with van der Waals surface area (Å²) in [6.45, 7) is 3.77. The van der Waals surface area contributed by atoms with Gasteiger partial charge in [0.2, 0.25) is 0 Å². The van der Waals surface area contributed by atoms with Crippen molar-refractivity contribution in [2.75, 3.05) is 6.61 Å². The van der Waals surface area contributed by atoms with Crippen LogP contribution in [0.2, 0.25) is 0 Å². The predicted molar refractivity (Wildman–Crippen MR) is 47.5 cm³/mol. The fraction of sp³-hybridized carbons (Fsp3) is 0.300. The van der Waals surface area contributed by atoms with Crippen molar-refractivity contribution in [1.29, 1.82) is 0 Å². The second-order valence-corrected chi connectivity index (χ2v) is 2.59. The van der Waals surface area contributed by atoms with E-state index >= 15 is 0 Å². The minimum absolute atomic E-state index is 0.346. The highest BCUT2D eigenvalue weighted by Gasteiger charge is 2.04. The summed E-state index contributed by atoms with van der Waals surface area (Å²) < 4.78 is 4.83. The SMILES string of the molecule is C=CC(=O)OCCC1C=CC=C1. The Kier molecular flexibility index (Phi) is 3.33. The quantitative estimate of drug-likeness (QED) is 0.468. The number of rotatable bonds is 4. The highest BCUT2D eigenvalue weighted by Crippen LogP contribution is 2.12. The summed E-state index contributed by atoms with van der Waals surface area (Å²) in [5.41, 5.74) is 0. The lowest BCUT2D eigenvalue weighted by atomic mass is 10.1. The molecule has 0 aliphatic heterocycles. The Bertz CT molecular complexity index is 214. The molecule has 64 valence electrons. The van der Waals surface area contributed by atoms with E-state index in [-0.39, 0.29) is 5.97 Å². The van der Waals surface area contributed by atoms with Crippen LogP contribution in [0.15, 0.2) is 37.0 Å². The topological polar surface area (TPSA) is 26.3 Å². The van der Waals surface area contributed by atoms with Gasteiger partial charge in [-0.3, -0.25) is 0 Å². The lowest BCUT2D eigenvalue weighted by Gasteiger charge is -2.04. The monoisotopic (exact) mass is 164 g/mol.